The van der Waals surface area contributed by atoms with Gasteiger partial charge in [0.15, 0.2) is 0 Å². The number of nitrogens with one attached hydrogen (secondary N) is 1. The smallest absolute Gasteiger partial charge is 0.251 e. The molecule has 0 aromatic heterocycles. The minimum Gasteiger partial charge on any atom is -0.379 e. The number of rotatable bonds is 5. The van der Waals surface area contributed by atoms with Crippen LogP contribution < -0.4 is 5.32 Å². The second kappa shape index (κ2) is 8.39. The molecule has 1 saturated heterocycles. The molecular formula is C19H21ClN2O4S. The number of sulfonamides is 1. The third kappa shape index (κ3) is 4.68. The molecule has 2 aromatic carbocycles. The van der Waals surface area contributed by atoms with Crippen molar-refractivity contribution >= 4 is 27.5 Å². The van der Waals surface area contributed by atoms with Crippen molar-refractivity contribution in [2.75, 3.05) is 26.3 Å². The fourth-order valence-corrected chi connectivity index (χ4v) is 4.46. The maximum atomic E-state index is 12.6. The number of halogens is 1. The first-order valence-electron chi connectivity index (χ1n) is 8.62. The van der Waals surface area contributed by atoms with Crippen molar-refractivity contribution in [2.45, 2.75) is 17.9 Å². The third-order valence-corrected chi connectivity index (χ3v) is 6.57. The van der Waals surface area contributed by atoms with Crippen molar-refractivity contribution in [3.05, 3.63) is 64.7 Å². The van der Waals surface area contributed by atoms with E-state index in [1.807, 2.05) is 19.1 Å². The van der Waals surface area contributed by atoms with Crippen LogP contribution in [0.25, 0.3) is 0 Å². The predicted molar refractivity (Wildman–Crippen MR) is 103 cm³/mol. The summed E-state index contributed by atoms with van der Waals surface area (Å²) in [5, 5.41) is 3.49. The van der Waals surface area contributed by atoms with Crippen molar-refractivity contribution in [3.63, 3.8) is 0 Å². The van der Waals surface area contributed by atoms with Crippen molar-refractivity contribution in [2.24, 2.45) is 0 Å². The molecule has 0 bridgehead atoms. The van der Waals surface area contributed by atoms with Crippen molar-refractivity contribution < 1.29 is 17.9 Å². The SMILES string of the molecule is CC(NC(=O)c1ccc(S(=O)(=O)N2CCOCC2)cc1)c1cccc(Cl)c1. The van der Waals surface area contributed by atoms with E-state index in [2.05, 4.69) is 5.32 Å². The topological polar surface area (TPSA) is 75.7 Å². The van der Waals surface area contributed by atoms with Gasteiger partial charge >= 0.3 is 0 Å². The van der Waals surface area contributed by atoms with Crippen LogP contribution in [0.5, 0.6) is 0 Å². The van der Waals surface area contributed by atoms with Gasteiger partial charge in [0.2, 0.25) is 10.0 Å². The quantitative estimate of drug-likeness (QED) is 0.825. The van der Waals surface area contributed by atoms with Gasteiger partial charge in [0, 0.05) is 23.7 Å². The minimum atomic E-state index is -3.57. The summed E-state index contributed by atoms with van der Waals surface area (Å²) < 4.78 is 31.8. The molecule has 2 aromatic rings. The molecule has 0 radical (unpaired) electrons. The first kappa shape index (κ1) is 19.8. The number of carbonyl (C=O) groups excluding carboxylic acids is 1. The molecule has 1 aliphatic heterocycles. The average Bonchev–Trinajstić information content (AvgIpc) is 2.68. The van der Waals surface area contributed by atoms with Crippen LogP contribution in [0.15, 0.2) is 53.4 Å². The summed E-state index contributed by atoms with van der Waals surface area (Å²) >= 11 is 5.99. The number of ether oxygens (including phenoxy) is 1. The summed E-state index contributed by atoms with van der Waals surface area (Å²) in [5.41, 5.74) is 1.28. The van der Waals surface area contributed by atoms with Crippen LogP contribution in [0.3, 0.4) is 0 Å². The molecule has 1 fully saturated rings. The van der Waals surface area contributed by atoms with E-state index in [1.54, 1.807) is 12.1 Å². The zero-order chi connectivity index (χ0) is 19.4. The highest BCUT2D eigenvalue weighted by Crippen LogP contribution is 2.20. The lowest BCUT2D eigenvalue weighted by Crippen LogP contribution is -2.40. The summed E-state index contributed by atoms with van der Waals surface area (Å²) in [4.78, 5) is 12.6. The standard InChI is InChI=1S/C19H21ClN2O4S/c1-14(16-3-2-4-17(20)13-16)21-19(23)15-5-7-18(8-6-15)27(24,25)22-9-11-26-12-10-22/h2-8,13-14H,9-12H2,1H3,(H,21,23). The summed E-state index contributed by atoms with van der Waals surface area (Å²) in [6, 6.07) is 13.0. The molecule has 3 rings (SSSR count). The lowest BCUT2D eigenvalue weighted by atomic mass is 10.1. The molecule has 1 amide bonds. The highest BCUT2D eigenvalue weighted by Gasteiger charge is 2.26. The summed E-state index contributed by atoms with van der Waals surface area (Å²) in [6.07, 6.45) is 0. The zero-order valence-corrected chi connectivity index (χ0v) is 16.5. The molecule has 1 aliphatic rings. The van der Waals surface area contributed by atoms with Crippen LogP contribution in [0.4, 0.5) is 0 Å². The van der Waals surface area contributed by atoms with Crippen molar-refractivity contribution in [3.8, 4) is 0 Å². The van der Waals surface area contributed by atoms with E-state index in [0.717, 1.165) is 5.56 Å². The van der Waals surface area contributed by atoms with Crippen LogP contribution in [-0.2, 0) is 14.8 Å². The van der Waals surface area contributed by atoms with Crippen LogP contribution in [0.1, 0.15) is 28.9 Å². The van der Waals surface area contributed by atoms with E-state index in [-0.39, 0.29) is 16.8 Å². The molecule has 0 spiro atoms. The van der Waals surface area contributed by atoms with Crippen LogP contribution in [0.2, 0.25) is 5.02 Å². The van der Waals surface area contributed by atoms with E-state index in [0.29, 0.717) is 36.9 Å². The molecule has 144 valence electrons. The van der Waals surface area contributed by atoms with Gasteiger partial charge < -0.3 is 10.1 Å². The van der Waals surface area contributed by atoms with Gasteiger partial charge in [0.05, 0.1) is 24.2 Å². The Morgan fingerprint density at radius 2 is 1.81 bits per heavy atom. The lowest BCUT2D eigenvalue weighted by molar-refractivity contribution is 0.0730. The Morgan fingerprint density at radius 3 is 2.44 bits per heavy atom. The summed E-state index contributed by atoms with van der Waals surface area (Å²) in [6.45, 7) is 3.31. The number of morpholine rings is 1. The molecular weight excluding hydrogens is 388 g/mol. The molecule has 1 N–H and O–H groups in total. The minimum absolute atomic E-state index is 0.170. The number of benzene rings is 2. The van der Waals surface area contributed by atoms with Crippen LogP contribution >= 0.6 is 11.6 Å². The Morgan fingerprint density at radius 1 is 1.15 bits per heavy atom. The third-order valence-electron chi connectivity index (χ3n) is 4.42. The first-order chi connectivity index (χ1) is 12.9. The Balaban J connectivity index is 1.70. The van der Waals surface area contributed by atoms with Gasteiger partial charge in [0.25, 0.3) is 5.91 Å². The Labute approximate surface area is 164 Å². The fraction of sp³-hybridized carbons (Fsp3) is 0.316. The molecule has 1 unspecified atom stereocenters. The average molecular weight is 409 g/mol. The maximum absolute atomic E-state index is 12.6. The number of hydrogen-bond acceptors (Lipinski definition) is 4. The molecule has 0 saturated carbocycles. The molecule has 27 heavy (non-hydrogen) atoms. The molecule has 8 heteroatoms. The monoisotopic (exact) mass is 408 g/mol. The number of carbonyl (C=O) groups is 1. The van der Waals surface area contributed by atoms with Gasteiger partial charge in [-0.05, 0) is 48.9 Å². The van der Waals surface area contributed by atoms with Crippen LogP contribution in [-0.4, -0.2) is 44.9 Å². The predicted octanol–water partition coefficient (Wildman–Crippen LogP) is 2.85. The number of amides is 1. The van der Waals surface area contributed by atoms with E-state index in [4.69, 9.17) is 16.3 Å². The maximum Gasteiger partial charge on any atom is 0.251 e. The van der Waals surface area contributed by atoms with Gasteiger partial charge in [-0.15, -0.1) is 0 Å². The lowest BCUT2D eigenvalue weighted by Gasteiger charge is -2.26. The van der Waals surface area contributed by atoms with Crippen LogP contribution in [0, 0.1) is 0 Å². The molecule has 1 heterocycles. The van der Waals surface area contributed by atoms with E-state index in [9.17, 15) is 13.2 Å². The van der Waals surface area contributed by atoms with E-state index in [1.165, 1.54) is 28.6 Å². The second-order valence-electron chi connectivity index (χ2n) is 6.29. The van der Waals surface area contributed by atoms with E-state index >= 15 is 0 Å². The normalized spacial score (nSPS) is 16.7. The number of hydrogen-bond donors (Lipinski definition) is 1. The van der Waals surface area contributed by atoms with Crippen molar-refractivity contribution in [1.82, 2.24) is 9.62 Å². The van der Waals surface area contributed by atoms with Gasteiger partial charge in [-0.3, -0.25) is 4.79 Å². The highest BCUT2D eigenvalue weighted by molar-refractivity contribution is 7.89. The molecule has 6 nitrogen and oxygen atoms in total. The Kier molecular flexibility index (Phi) is 6.16. The second-order valence-corrected chi connectivity index (χ2v) is 8.67. The molecule has 1 atom stereocenters. The Hall–Kier alpha value is -1.93. The largest absolute Gasteiger partial charge is 0.379 e. The first-order valence-corrected chi connectivity index (χ1v) is 10.4. The summed E-state index contributed by atoms with van der Waals surface area (Å²) in [5.74, 6) is -0.280. The summed E-state index contributed by atoms with van der Waals surface area (Å²) in [7, 11) is -3.57. The van der Waals surface area contributed by atoms with E-state index < -0.39 is 10.0 Å². The number of nitrogens with zero attached hydrogens (tertiary/aromatic N) is 1. The van der Waals surface area contributed by atoms with Gasteiger partial charge in [-0.1, -0.05) is 23.7 Å². The van der Waals surface area contributed by atoms with Gasteiger partial charge in [0.1, 0.15) is 0 Å². The van der Waals surface area contributed by atoms with Gasteiger partial charge in [-0.2, -0.15) is 4.31 Å². The Bertz CT molecular complexity index is 910. The highest BCUT2D eigenvalue weighted by atomic mass is 35.5. The zero-order valence-electron chi connectivity index (χ0n) is 14.9. The van der Waals surface area contributed by atoms with Crippen molar-refractivity contribution in [1.29, 1.82) is 0 Å². The van der Waals surface area contributed by atoms with Gasteiger partial charge in [-0.25, -0.2) is 8.42 Å². The fourth-order valence-electron chi connectivity index (χ4n) is 2.85. The molecule has 0 aliphatic carbocycles.